The molecule has 0 spiro atoms. The molecule has 19 heavy (non-hydrogen) atoms. The Morgan fingerprint density at radius 2 is 1.89 bits per heavy atom. The molecule has 2 N–H and O–H groups in total. The summed E-state index contributed by atoms with van der Waals surface area (Å²) in [5.74, 6) is 0.270. The highest BCUT2D eigenvalue weighted by Gasteiger charge is 2.24. The number of hydrogen-bond donors (Lipinski definition) is 2. The number of imidazole rings is 1. The maximum atomic E-state index is 12.2. The second-order valence-electron chi connectivity index (χ2n) is 4.67. The molecule has 0 saturated carbocycles. The van der Waals surface area contributed by atoms with Crippen LogP contribution in [0.15, 0.2) is 24.3 Å². The standard InChI is InChI=1S/C12H16N4O2S/c17-19(18,16-8-4-1-5-9-16)15-12-13-10-6-2-3-7-11(10)14-12/h2-3,6-7H,1,4-5,8-9H2,(H2,13,14,15). The van der Waals surface area contributed by atoms with Crippen LogP contribution < -0.4 is 4.72 Å². The maximum absolute atomic E-state index is 12.2. The van der Waals surface area contributed by atoms with Crippen molar-refractivity contribution in [2.24, 2.45) is 0 Å². The van der Waals surface area contributed by atoms with E-state index >= 15 is 0 Å². The Bertz CT molecular complexity index is 641. The molecular formula is C12H16N4O2S. The van der Waals surface area contributed by atoms with Crippen LogP contribution in [0.3, 0.4) is 0 Å². The largest absolute Gasteiger partial charge is 0.323 e. The van der Waals surface area contributed by atoms with Crippen LogP contribution in [0.1, 0.15) is 19.3 Å². The quantitative estimate of drug-likeness (QED) is 0.898. The Morgan fingerprint density at radius 1 is 1.16 bits per heavy atom. The highest BCUT2D eigenvalue weighted by Crippen LogP contribution is 2.17. The molecule has 0 amide bonds. The lowest BCUT2D eigenvalue weighted by Crippen LogP contribution is -2.39. The molecule has 1 aromatic heterocycles. The number of nitrogens with one attached hydrogen (secondary N) is 2. The van der Waals surface area contributed by atoms with Gasteiger partial charge in [-0.2, -0.15) is 12.7 Å². The van der Waals surface area contributed by atoms with E-state index in [-0.39, 0.29) is 5.95 Å². The van der Waals surface area contributed by atoms with Gasteiger partial charge in [0.05, 0.1) is 11.0 Å². The van der Waals surface area contributed by atoms with Gasteiger partial charge in [0.15, 0.2) is 0 Å². The third kappa shape index (κ3) is 2.57. The van der Waals surface area contributed by atoms with E-state index in [9.17, 15) is 8.42 Å². The van der Waals surface area contributed by atoms with Crippen molar-refractivity contribution in [3.8, 4) is 0 Å². The molecule has 0 radical (unpaired) electrons. The SMILES string of the molecule is O=S(=O)(Nc1nc2ccccc2[nH]1)N1CCCCC1. The second-order valence-corrected chi connectivity index (χ2v) is 6.34. The maximum Gasteiger partial charge on any atom is 0.303 e. The number of aromatic amines is 1. The summed E-state index contributed by atoms with van der Waals surface area (Å²) in [7, 11) is -3.49. The number of aromatic nitrogens is 2. The van der Waals surface area contributed by atoms with Gasteiger partial charge in [-0.1, -0.05) is 18.6 Å². The predicted octanol–water partition coefficient (Wildman–Crippen LogP) is 1.71. The monoisotopic (exact) mass is 280 g/mol. The van der Waals surface area contributed by atoms with Crippen molar-refractivity contribution in [1.29, 1.82) is 0 Å². The molecule has 1 aliphatic heterocycles. The van der Waals surface area contributed by atoms with Crippen LogP contribution in [0.25, 0.3) is 11.0 Å². The van der Waals surface area contributed by atoms with Crippen LogP contribution in [-0.4, -0.2) is 35.8 Å². The number of anilines is 1. The fourth-order valence-electron chi connectivity index (χ4n) is 2.29. The summed E-state index contributed by atoms with van der Waals surface area (Å²) in [6.07, 6.45) is 2.93. The Morgan fingerprint density at radius 3 is 2.63 bits per heavy atom. The van der Waals surface area contributed by atoms with Crippen LogP contribution in [-0.2, 0) is 10.2 Å². The van der Waals surface area contributed by atoms with Crippen LogP contribution in [0, 0.1) is 0 Å². The Hall–Kier alpha value is -1.60. The molecular weight excluding hydrogens is 264 g/mol. The van der Waals surface area contributed by atoms with E-state index in [1.807, 2.05) is 24.3 Å². The first kappa shape index (κ1) is 12.4. The van der Waals surface area contributed by atoms with E-state index in [2.05, 4.69) is 14.7 Å². The zero-order valence-corrected chi connectivity index (χ0v) is 11.3. The van der Waals surface area contributed by atoms with Crippen LogP contribution in [0.5, 0.6) is 0 Å². The van der Waals surface area contributed by atoms with Gasteiger partial charge < -0.3 is 4.98 Å². The average Bonchev–Trinajstić information content (AvgIpc) is 2.81. The molecule has 7 heteroatoms. The van der Waals surface area contributed by atoms with Gasteiger partial charge in [0.1, 0.15) is 0 Å². The number of rotatable bonds is 3. The third-order valence-corrected chi connectivity index (χ3v) is 4.77. The lowest BCUT2D eigenvalue weighted by atomic mass is 10.2. The average molecular weight is 280 g/mol. The molecule has 2 aromatic rings. The van der Waals surface area contributed by atoms with Gasteiger partial charge in [-0.05, 0) is 25.0 Å². The summed E-state index contributed by atoms with van der Waals surface area (Å²) in [6, 6.07) is 7.45. The fourth-order valence-corrected chi connectivity index (χ4v) is 3.50. The van der Waals surface area contributed by atoms with Crippen molar-refractivity contribution in [3.63, 3.8) is 0 Å². The molecule has 1 fully saturated rings. The minimum absolute atomic E-state index is 0.270. The molecule has 3 rings (SSSR count). The number of piperidine rings is 1. The number of fused-ring (bicyclic) bond motifs is 1. The normalized spacial score (nSPS) is 17.7. The van der Waals surface area contributed by atoms with Gasteiger partial charge in [0.25, 0.3) is 0 Å². The van der Waals surface area contributed by atoms with Crippen LogP contribution >= 0.6 is 0 Å². The highest BCUT2D eigenvalue weighted by molar-refractivity contribution is 7.90. The van der Waals surface area contributed by atoms with E-state index in [4.69, 9.17) is 0 Å². The second kappa shape index (κ2) is 4.82. The topological polar surface area (TPSA) is 78.1 Å². The number of H-pyrrole nitrogens is 1. The number of benzene rings is 1. The molecule has 0 unspecified atom stereocenters. The summed E-state index contributed by atoms with van der Waals surface area (Å²) in [6.45, 7) is 1.16. The molecule has 0 bridgehead atoms. The predicted molar refractivity (Wildman–Crippen MR) is 74.1 cm³/mol. The number of para-hydroxylation sites is 2. The zero-order valence-electron chi connectivity index (χ0n) is 10.5. The van der Waals surface area contributed by atoms with E-state index in [1.54, 1.807) is 0 Å². The summed E-state index contributed by atoms with van der Waals surface area (Å²) < 4.78 is 28.4. The van der Waals surface area contributed by atoms with Gasteiger partial charge in [-0.25, -0.2) is 9.71 Å². The van der Waals surface area contributed by atoms with E-state index in [1.165, 1.54) is 4.31 Å². The van der Waals surface area contributed by atoms with Gasteiger partial charge in [-0.15, -0.1) is 0 Å². The summed E-state index contributed by atoms with van der Waals surface area (Å²) in [5.41, 5.74) is 1.57. The minimum atomic E-state index is -3.49. The first-order valence-electron chi connectivity index (χ1n) is 6.38. The lowest BCUT2D eigenvalue weighted by Gasteiger charge is -2.25. The first-order chi connectivity index (χ1) is 9.15. The zero-order chi connectivity index (χ0) is 13.3. The van der Waals surface area contributed by atoms with E-state index < -0.39 is 10.2 Å². The number of nitrogens with zero attached hydrogens (tertiary/aromatic N) is 2. The molecule has 6 nitrogen and oxygen atoms in total. The molecule has 1 saturated heterocycles. The van der Waals surface area contributed by atoms with Crippen molar-refractivity contribution in [2.75, 3.05) is 17.8 Å². The Balaban J connectivity index is 1.83. The van der Waals surface area contributed by atoms with Crippen molar-refractivity contribution < 1.29 is 8.42 Å². The summed E-state index contributed by atoms with van der Waals surface area (Å²) in [4.78, 5) is 7.18. The molecule has 2 heterocycles. The van der Waals surface area contributed by atoms with E-state index in [0.717, 1.165) is 30.3 Å². The summed E-state index contributed by atoms with van der Waals surface area (Å²) in [5, 5.41) is 0. The van der Waals surface area contributed by atoms with Gasteiger partial charge in [0, 0.05) is 13.1 Å². The minimum Gasteiger partial charge on any atom is -0.323 e. The van der Waals surface area contributed by atoms with Crippen molar-refractivity contribution in [3.05, 3.63) is 24.3 Å². The smallest absolute Gasteiger partial charge is 0.303 e. The third-order valence-electron chi connectivity index (χ3n) is 3.27. The lowest BCUT2D eigenvalue weighted by molar-refractivity contribution is 0.349. The molecule has 0 atom stereocenters. The molecule has 102 valence electrons. The molecule has 1 aliphatic rings. The molecule has 1 aromatic carbocycles. The van der Waals surface area contributed by atoms with Crippen molar-refractivity contribution in [1.82, 2.24) is 14.3 Å². The van der Waals surface area contributed by atoms with Gasteiger partial charge in [-0.3, -0.25) is 0 Å². The Kier molecular flexibility index (Phi) is 3.16. The Labute approximate surface area is 112 Å². The summed E-state index contributed by atoms with van der Waals surface area (Å²) >= 11 is 0. The first-order valence-corrected chi connectivity index (χ1v) is 7.82. The van der Waals surface area contributed by atoms with E-state index in [0.29, 0.717) is 13.1 Å². The highest BCUT2D eigenvalue weighted by atomic mass is 32.2. The fraction of sp³-hybridized carbons (Fsp3) is 0.417. The van der Waals surface area contributed by atoms with Crippen LogP contribution in [0.2, 0.25) is 0 Å². The van der Waals surface area contributed by atoms with Crippen LogP contribution in [0.4, 0.5) is 5.95 Å². The molecule has 0 aliphatic carbocycles. The van der Waals surface area contributed by atoms with Crippen molar-refractivity contribution in [2.45, 2.75) is 19.3 Å². The number of hydrogen-bond acceptors (Lipinski definition) is 3. The van der Waals surface area contributed by atoms with Crippen molar-refractivity contribution >= 4 is 27.2 Å². The van der Waals surface area contributed by atoms with Gasteiger partial charge >= 0.3 is 10.2 Å². The van der Waals surface area contributed by atoms with Gasteiger partial charge in [0.2, 0.25) is 5.95 Å².